The normalized spacial score (nSPS) is 26.4. The lowest BCUT2D eigenvalue weighted by atomic mass is 10.2. The predicted molar refractivity (Wildman–Crippen MR) is 62.5 cm³/mol. The second-order valence-electron chi connectivity index (χ2n) is 4.30. The molecule has 15 heavy (non-hydrogen) atoms. The van der Waals surface area contributed by atoms with Crippen LogP contribution in [-0.2, 0) is 4.79 Å². The minimum atomic E-state index is 0.108. The Bertz CT molecular complexity index is 263. The zero-order chi connectivity index (χ0) is 10.7. The minimum Gasteiger partial charge on any atom is -0.360 e. The fourth-order valence-electron chi connectivity index (χ4n) is 2.19. The molecular formula is C10H17N3OS. The van der Waals surface area contributed by atoms with Gasteiger partial charge in [0.25, 0.3) is 0 Å². The second kappa shape index (κ2) is 4.79. The molecule has 1 saturated heterocycles. The van der Waals surface area contributed by atoms with Crippen molar-refractivity contribution in [2.24, 2.45) is 0 Å². The third-order valence-electron chi connectivity index (χ3n) is 3.00. The van der Waals surface area contributed by atoms with E-state index in [0.29, 0.717) is 24.1 Å². The largest absolute Gasteiger partial charge is 0.360 e. The molecule has 2 aliphatic rings. The van der Waals surface area contributed by atoms with Gasteiger partial charge in [-0.15, -0.1) is 0 Å². The van der Waals surface area contributed by atoms with Crippen LogP contribution in [0.4, 0.5) is 0 Å². The van der Waals surface area contributed by atoms with Crippen molar-refractivity contribution in [2.75, 3.05) is 6.54 Å². The van der Waals surface area contributed by atoms with Gasteiger partial charge in [-0.1, -0.05) is 12.8 Å². The van der Waals surface area contributed by atoms with Gasteiger partial charge in [0, 0.05) is 19.0 Å². The molecule has 1 aliphatic carbocycles. The first-order valence-corrected chi connectivity index (χ1v) is 5.98. The van der Waals surface area contributed by atoms with Gasteiger partial charge in [0.1, 0.15) is 0 Å². The van der Waals surface area contributed by atoms with Crippen LogP contribution in [0.2, 0.25) is 0 Å². The summed E-state index contributed by atoms with van der Waals surface area (Å²) in [7, 11) is 0. The lowest BCUT2D eigenvalue weighted by Crippen LogP contribution is -2.46. The molecule has 0 aromatic rings. The predicted octanol–water partition coefficient (Wildman–Crippen LogP) is 0.282. The number of nitrogens with one attached hydrogen (secondary N) is 3. The molecule has 5 heteroatoms. The Morgan fingerprint density at radius 3 is 2.53 bits per heavy atom. The van der Waals surface area contributed by atoms with Crippen molar-refractivity contribution in [2.45, 2.75) is 44.2 Å². The molecule has 0 radical (unpaired) electrons. The Balaban J connectivity index is 1.70. The topological polar surface area (TPSA) is 53.2 Å². The highest BCUT2D eigenvalue weighted by atomic mass is 32.1. The van der Waals surface area contributed by atoms with E-state index in [1.807, 2.05) is 0 Å². The van der Waals surface area contributed by atoms with E-state index in [4.69, 9.17) is 12.2 Å². The molecule has 1 heterocycles. The van der Waals surface area contributed by atoms with E-state index in [-0.39, 0.29) is 11.9 Å². The van der Waals surface area contributed by atoms with Gasteiger partial charge in [-0.25, -0.2) is 0 Å². The third kappa shape index (κ3) is 3.06. The van der Waals surface area contributed by atoms with Crippen LogP contribution in [0.5, 0.6) is 0 Å². The van der Waals surface area contributed by atoms with Gasteiger partial charge < -0.3 is 16.0 Å². The molecule has 1 saturated carbocycles. The number of carbonyl (C=O) groups excluding carboxylic acids is 1. The summed E-state index contributed by atoms with van der Waals surface area (Å²) in [6.07, 6.45) is 5.55. The molecule has 1 aliphatic heterocycles. The number of carbonyl (C=O) groups is 1. The maximum atomic E-state index is 11.0. The molecule has 4 nitrogen and oxygen atoms in total. The SMILES string of the molecule is O=C1CC(NC(=S)NC2CCCC2)CN1. The Hall–Kier alpha value is -0.840. The maximum Gasteiger partial charge on any atom is 0.222 e. The summed E-state index contributed by atoms with van der Waals surface area (Å²) in [5.41, 5.74) is 0. The molecule has 2 fully saturated rings. The summed E-state index contributed by atoms with van der Waals surface area (Å²) in [4.78, 5) is 11.0. The summed E-state index contributed by atoms with van der Waals surface area (Å²) in [5.74, 6) is 0.108. The van der Waals surface area contributed by atoms with Gasteiger partial charge in [-0.2, -0.15) is 0 Å². The second-order valence-corrected chi connectivity index (χ2v) is 4.71. The van der Waals surface area contributed by atoms with Gasteiger partial charge in [0.2, 0.25) is 5.91 Å². The molecule has 1 atom stereocenters. The zero-order valence-corrected chi connectivity index (χ0v) is 9.53. The van der Waals surface area contributed by atoms with Crippen LogP contribution in [0.15, 0.2) is 0 Å². The van der Waals surface area contributed by atoms with Gasteiger partial charge in [-0.05, 0) is 25.1 Å². The molecule has 3 N–H and O–H groups in total. The number of hydrogen-bond donors (Lipinski definition) is 3. The Labute approximate surface area is 95.2 Å². The summed E-state index contributed by atoms with van der Waals surface area (Å²) < 4.78 is 0. The van der Waals surface area contributed by atoms with Crippen molar-refractivity contribution in [3.8, 4) is 0 Å². The first kappa shape index (κ1) is 10.7. The molecule has 0 aromatic heterocycles. The number of rotatable bonds is 2. The van der Waals surface area contributed by atoms with Crippen molar-refractivity contribution < 1.29 is 4.79 Å². The third-order valence-corrected chi connectivity index (χ3v) is 3.24. The molecule has 84 valence electrons. The summed E-state index contributed by atoms with van der Waals surface area (Å²) in [6, 6.07) is 0.703. The fraction of sp³-hybridized carbons (Fsp3) is 0.800. The molecule has 0 spiro atoms. The van der Waals surface area contributed by atoms with Crippen molar-refractivity contribution in [1.29, 1.82) is 0 Å². The van der Waals surface area contributed by atoms with E-state index in [9.17, 15) is 4.79 Å². The van der Waals surface area contributed by atoms with Gasteiger partial charge in [0.15, 0.2) is 5.11 Å². The molecule has 2 rings (SSSR count). The summed E-state index contributed by atoms with van der Waals surface area (Å²) in [5, 5.41) is 9.95. The monoisotopic (exact) mass is 227 g/mol. The highest BCUT2D eigenvalue weighted by molar-refractivity contribution is 7.80. The molecule has 0 bridgehead atoms. The van der Waals surface area contributed by atoms with E-state index in [2.05, 4.69) is 16.0 Å². The first-order valence-electron chi connectivity index (χ1n) is 5.58. The van der Waals surface area contributed by atoms with E-state index >= 15 is 0 Å². The number of thiocarbonyl (C=S) groups is 1. The standard InChI is InChI=1S/C10H17N3OS/c14-9-5-8(6-11-9)13-10(15)12-7-3-1-2-4-7/h7-8H,1-6H2,(H,11,14)(H2,12,13,15). The van der Waals surface area contributed by atoms with Crippen LogP contribution >= 0.6 is 12.2 Å². The highest BCUT2D eigenvalue weighted by Gasteiger charge is 2.23. The Kier molecular flexibility index (Phi) is 3.41. The summed E-state index contributed by atoms with van der Waals surface area (Å²) in [6.45, 7) is 0.686. The van der Waals surface area contributed by atoms with Gasteiger partial charge >= 0.3 is 0 Å². The Morgan fingerprint density at radius 2 is 1.93 bits per heavy atom. The van der Waals surface area contributed by atoms with Crippen LogP contribution in [0.1, 0.15) is 32.1 Å². The number of hydrogen-bond acceptors (Lipinski definition) is 2. The zero-order valence-electron chi connectivity index (χ0n) is 8.71. The van der Waals surface area contributed by atoms with Gasteiger partial charge in [-0.3, -0.25) is 4.79 Å². The molecule has 1 unspecified atom stereocenters. The van der Waals surface area contributed by atoms with Crippen LogP contribution in [0, 0.1) is 0 Å². The lowest BCUT2D eigenvalue weighted by Gasteiger charge is -2.18. The lowest BCUT2D eigenvalue weighted by molar-refractivity contribution is -0.119. The minimum absolute atomic E-state index is 0.108. The van der Waals surface area contributed by atoms with Crippen molar-refractivity contribution in [3.05, 3.63) is 0 Å². The highest BCUT2D eigenvalue weighted by Crippen LogP contribution is 2.17. The fourth-order valence-corrected chi connectivity index (χ4v) is 2.52. The van der Waals surface area contributed by atoms with E-state index < -0.39 is 0 Å². The van der Waals surface area contributed by atoms with Crippen molar-refractivity contribution in [1.82, 2.24) is 16.0 Å². The quantitative estimate of drug-likeness (QED) is 0.593. The van der Waals surface area contributed by atoms with Crippen LogP contribution in [0.3, 0.4) is 0 Å². The van der Waals surface area contributed by atoms with E-state index in [0.717, 1.165) is 0 Å². The number of amides is 1. The van der Waals surface area contributed by atoms with Crippen LogP contribution in [-0.4, -0.2) is 29.6 Å². The van der Waals surface area contributed by atoms with Gasteiger partial charge in [0.05, 0.1) is 6.04 Å². The van der Waals surface area contributed by atoms with Crippen molar-refractivity contribution >= 4 is 23.2 Å². The molecule has 0 aromatic carbocycles. The van der Waals surface area contributed by atoms with E-state index in [1.54, 1.807) is 0 Å². The van der Waals surface area contributed by atoms with Crippen LogP contribution in [0.25, 0.3) is 0 Å². The van der Waals surface area contributed by atoms with E-state index in [1.165, 1.54) is 25.7 Å². The molecular weight excluding hydrogens is 210 g/mol. The average molecular weight is 227 g/mol. The first-order chi connectivity index (χ1) is 7.24. The Morgan fingerprint density at radius 1 is 1.27 bits per heavy atom. The average Bonchev–Trinajstić information content (AvgIpc) is 2.77. The molecule has 1 amide bonds. The summed E-state index contributed by atoms with van der Waals surface area (Å²) >= 11 is 5.20. The smallest absolute Gasteiger partial charge is 0.222 e. The maximum absolute atomic E-state index is 11.0. The van der Waals surface area contributed by atoms with Crippen LogP contribution < -0.4 is 16.0 Å². The van der Waals surface area contributed by atoms with Crippen molar-refractivity contribution in [3.63, 3.8) is 0 Å².